The SMILES string of the molecule is COCC1(C(=O)O)CCCN(C(=O)c2ccc3c(c2)COC3)C1. The minimum Gasteiger partial charge on any atom is -0.481 e. The molecule has 3 rings (SSSR count). The van der Waals surface area contributed by atoms with E-state index in [1.54, 1.807) is 11.0 Å². The summed E-state index contributed by atoms with van der Waals surface area (Å²) in [5, 5.41) is 9.58. The number of aliphatic carboxylic acids is 1. The van der Waals surface area contributed by atoms with E-state index >= 15 is 0 Å². The van der Waals surface area contributed by atoms with E-state index in [1.807, 2.05) is 12.1 Å². The Hall–Kier alpha value is -1.92. The molecule has 2 aliphatic heterocycles. The van der Waals surface area contributed by atoms with Crippen LogP contribution in [0.2, 0.25) is 0 Å². The second-order valence-electron chi connectivity index (χ2n) is 6.33. The van der Waals surface area contributed by atoms with Gasteiger partial charge < -0.3 is 19.5 Å². The molecular weight excluding hydrogens is 298 g/mol. The zero-order valence-corrected chi connectivity index (χ0v) is 13.2. The maximum Gasteiger partial charge on any atom is 0.313 e. The first-order chi connectivity index (χ1) is 11.1. The Morgan fingerprint density at radius 1 is 1.35 bits per heavy atom. The minimum atomic E-state index is -1.01. The van der Waals surface area contributed by atoms with Crippen LogP contribution in [0.1, 0.15) is 34.3 Å². The Morgan fingerprint density at radius 2 is 2.13 bits per heavy atom. The Morgan fingerprint density at radius 3 is 2.87 bits per heavy atom. The smallest absolute Gasteiger partial charge is 0.313 e. The molecule has 0 saturated carbocycles. The molecule has 0 aromatic heterocycles. The highest BCUT2D eigenvalue weighted by atomic mass is 16.5. The van der Waals surface area contributed by atoms with Crippen LogP contribution in [0.25, 0.3) is 0 Å². The van der Waals surface area contributed by atoms with E-state index in [0.717, 1.165) is 11.1 Å². The Kier molecular flexibility index (Phi) is 4.37. The van der Waals surface area contributed by atoms with Crippen LogP contribution in [0, 0.1) is 5.41 Å². The molecule has 0 aliphatic carbocycles. The van der Waals surface area contributed by atoms with Crippen molar-refractivity contribution >= 4 is 11.9 Å². The van der Waals surface area contributed by atoms with E-state index in [0.29, 0.717) is 38.2 Å². The number of carboxylic acid groups (broad SMARTS) is 1. The summed E-state index contributed by atoms with van der Waals surface area (Å²) in [6, 6.07) is 5.57. The largest absolute Gasteiger partial charge is 0.481 e. The molecule has 2 heterocycles. The topological polar surface area (TPSA) is 76.1 Å². The summed E-state index contributed by atoms with van der Waals surface area (Å²) in [4.78, 5) is 26.1. The van der Waals surface area contributed by atoms with Gasteiger partial charge in [0, 0.05) is 25.8 Å². The standard InChI is InChI=1S/C17H21NO5/c1-22-11-17(16(20)21)5-2-6-18(10-17)15(19)12-3-4-13-8-23-9-14(13)7-12/h3-4,7H,2,5-6,8-11H2,1H3,(H,20,21). The summed E-state index contributed by atoms with van der Waals surface area (Å²) in [5.41, 5.74) is 1.73. The fourth-order valence-corrected chi connectivity index (χ4v) is 3.42. The van der Waals surface area contributed by atoms with Gasteiger partial charge in [-0.05, 0) is 36.1 Å². The molecule has 1 aromatic carbocycles. The van der Waals surface area contributed by atoms with E-state index in [9.17, 15) is 14.7 Å². The van der Waals surface area contributed by atoms with Crippen molar-refractivity contribution in [1.82, 2.24) is 4.90 Å². The zero-order chi connectivity index (χ0) is 16.4. The van der Waals surface area contributed by atoms with Crippen LogP contribution in [0.5, 0.6) is 0 Å². The predicted molar refractivity (Wildman–Crippen MR) is 82.0 cm³/mol. The lowest BCUT2D eigenvalue weighted by Crippen LogP contribution is -2.52. The molecule has 6 nitrogen and oxygen atoms in total. The van der Waals surface area contributed by atoms with E-state index in [4.69, 9.17) is 9.47 Å². The molecule has 1 saturated heterocycles. The summed E-state index contributed by atoms with van der Waals surface area (Å²) in [6.45, 7) is 1.99. The predicted octanol–water partition coefficient (Wildman–Crippen LogP) is 1.67. The third-order valence-corrected chi connectivity index (χ3v) is 4.71. The molecule has 0 bridgehead atoms. The summed E-state index contributed by atoms with van der Waals surface area (Å²) in [5.74, 6) is -1.03. The van der Waals surface area contributed by atoms with Gasteiger partial charge in [-0.2, -0.15) is 0 Å². The average Bonchev–Trinajstić information content (AvgIpc) is 3.02. The van der Waals surface area contributed by atoms with Crippen molar-refractivity contribution in [1.29, 1.82) is 0 Å². The van der Waals surface area contributed by atoms with E-state index in [1.165, 1.54) is 7.11 Å². The lowest BCUT2D eigenvalue weighted by molar-refractivity contribution is -0.155. The Balaban J connectivity index is 1.80. The second kappa shape index (κ2) is 6.29. The number of hydrogen-bond acceptors (Lipinski definition) is 4. The number of piperidine rings is 1. The van der Waals surface area contributed by atoms with E-state index in [2.05, 4.69) is 0 Å². The van der Waals surface area contributed by atoms with Crippen LogP contribution >= 0.6 is 0 Å². The van der Waals surface area contributed by atoms with Crippen molar-refractivity contribution in [3.8, 4) is 0 Å². The molecule has 1 atom stereocenters. The first kappa shape index (κ1) is 16.0. The van der Waals surface area contributed by atoms with Gasteiger partial charge in [-0.25, -0.2) is 0 Å². The number of hydrogen-bond donors (Lipinski definition) is 1. The number of carbonyl (C=O) groups is 2. The number of ether oxygens (including phenoxy) is 2. The highest BCUT2D eigenvalue weighted by Crippen LogP contribution is 2.32. The van der Waals surface area contributed by atoms with Crippen molar-refractivity contribution in [2.75, 3.05) is 26.8 Å². The van der Waals surface area contributed by atoms with E-state index in [-0.39, 0.29) is 19.1 Å². The van der Waals surface area contributed by atoms with Crippen LogP contribution < -0.4 is 0 Å². The summed E-state index contributed by atoms with van der Waals surface area (Å²) >= 11 is 0. The molecule has 1 N–H and O–H groups in total. The van der Waals surface area contributed by atoms with Crippen molar-refractivity contribution in [3.63, 3.8) is 0 Å². The maximum atomic E-state index is 12.8. The minimum absolute atomic E-state index is 0.115. The van der Waals surface area contributed by atoms with Crippen LogP contribution in [0.4, 0.5) is 0 Å². The molecule has 1 unspecified atom stereocenters. The Bertz CT molecular complexity index is 625. The molecule has 1 fully saturated rings. The Labute approximate surface area is 135 Å². The molecule has 124 valence electrons. The second-order valence-corrected chi connectivity index (χ2v) is 6.33. The first-order valence-electron chi connectivity index (χ1n) is 7.77. The third-order valence-electron chi connectivity index (χ3n) is 4.71. The zero-order valence-electron chi connectivity index (χ0n) is 13.2. The number of likely N-dealkylation sites (tertiary alicyclic amines) is 1. The van der Waals surface area contributed by atoms with Gasteiger partial charge in [0.2, 0.25) is 0 Å². The van der Waals surface area contributed by atoms with Crippen molar-refractivity contribution in [3.05, 3.63) is 34.9 Å². The highest BCUT2D eigenvalue weighted by molar-refractivity contribution is 5.95. The molecule has 23 heavy (non-hydrogen) atoms. The quantitative estimate of drug-likeness (QED) is 0.913. The van der Waals surface area contributed by atoms with Gasteiger partial charge in [0.25, 0.3) is 5.91 Å². The summed E-state index contributed by atoms with van der Waals surface area (Å²) < 4.78 is 10.5. The number of carboxylic acids is 1. The average molecular weight is 319 g/mol. The molecule has 6 heteroatoms. The third kappa shape index (κ3) is 2.96. The van der Waals surface area contributed by atoms with Crippen LogP contribution in [-0.2, 0) is 27.5 Å². The summed E-state index contributed by atoms with van der Waals surface area (Å²) in [6.07, 6.45) is 1.19. The summed E-state index contributed by atoms with van der Waals surface area (Å²) in [7, 11) is 1.49. The number of fused-ring (bicyclic) bond motifs is 1. The fourth-order valence-electron chi connectivity index (χ4n) is 3.42. The molecule has 1 amide bonds. The number of nitrogens with zero attached hydrogens (tertiary/aromatic N) is 1. The normalized spacial score (nSPS) is 23.6. The molecular formula is C17H21NO5. The van der Waals surface area contributed by atoms with Crippen molar-refractivity contribution < 1.29 is 24.2 Å². The molecule has 0 radical (unpaired) electrons. The number of benzene rings is 1. The van der Waals surface area contributed by atoms with Gasteiger partial charge in [-0.3, -0.25) is 9.59 Å². The van der Waals surface area contributed by atoms with Gasteiger partial charge in [-0.1, -0.05) is 6.07 Å². The molecule has 2 aliphatic rings. The van der Waals surface area contributed by atoms with E-state index < -0.39 is 11.4 Å². The highest BCUT2D eigenvalue weighted by Gasteiger charge is 2.44. The number of methoxy groups -OCH3 is 1. The molecule has 1 aromatic rings. The number of amides is 1. The lowest BCUT2D eigenvalue weighted by Gasteiger charge is -2.39. The van der Waals surface area contributed by atoms with Gasteiger partial charge in [0.15, 0.2) is 0 Å². The van der Waals surface area contributed by atoms with Crippen molar-refractivity contribution in [2.45, 2.75) is 26.1 Å². The number of carbonyl (C=O) groups excluding carboxylic acids is 1. The molecule has 0 spiro atoms. The van der Waals surface area contributed by atoms with Gasteiger partial charge in [0.1, 0.15) is 5.41 Å². The van der Waals surface area contributed by atoms with Gasteiger partial charge in [0.05, 0.1) is 19.8 Å². The number of rotatable bonds is 4. The monoisotopic (exact) mass is 319 g/mol. The first-order valence-corrected chi connectivity index (χ1v) is 7.77. The fraction of sp³-hybridized carbons (Fsp3) is 0.529. The maximum absolute atomic E-state index is 12.8. The van der Waals surface area contributed by atoms with Gasteiger partial charge >= 0.3 is 5.97 Å². The van der Waals surface area contributed by atoms with Crippen LogP contribution in [0.15, 0.2) is 18.2 Å². The lowest BCUT2D eigenvalue weighted by atomic mass is 9.80. The van der Waals surface area contributed by atoms with Crippen molar-refractivity contribution in [2.24, 2.45) is 5.41 Å². The van der Waals surface area contributed by atoms with Gasteiger partial charge in [-0.15, -0.1) is 0 Å². The van der Waals surface area contributed by atoms with Crippen LogP contribution in [0.3, 0.4) is 0 Å². The van der Waals surface area contributed by atoms with Crippen LogP contribution in [-0.4, -0.2) is 48.7 Å².